The zero-order valence-electron chi connectivity index (χ0n) is 19.4. The monoisotopic (exact) mass is 450 g/mol. The Hall–Kier alpha value is -3.35. The Morgan fingerprint density at radius 2 is 1.85 bits per heavy atom. The van der Waals surface area contributed by atoms with Crippen molar-refractivity contribution in [2.75, 3.05) is 27.3 Å². The number of piperidine rings is 1. The molecule has 1 fully saturated rings. The second-order valence-electron chi connectivity index (χ2n) is 8.87. The maximum absolute atomic E-state index is 13.4. The molecule has 0 radical (unpaired) electrons. The fourth-order valence-corrected chi connectivity index (χ4v) is 4.53. The first-order valence-corrected chi connectivity index (χ1v) is 11.3. The second-order valence-corrected chi connectivity index (χ2v) is 8.87. The molecule has 7 nitrogen and oxygen atoms in total. The van der Waals surface area contributed by atoms with E-state index in [1.54, 1.807) is 26.2 Å². The van der Waals surface area contributed by atoms with Gasteiger partial charge in [0, 0.05) is 25.1 Å². The first-order valence-electron chi connectivity index (χ1n) is 11.3. The van der Waals surface area contributed by atoms with Gasteiger partial charge in [0.15, 0.2) is 0 Å². The first-order chi connectivity index (χ1) is 15.9. The van der Waals surface area contributed by atoms with Crippen LogP contribution in [0.15, 0.2) is 53.7 Å². The fourth-order valence-electron chi connectivity index (χ4n) is 4.53. The van der Waals surface area contributed by atoms with Gasteiger partial charge in [-0.3, -0.25) is 4.79 Å². The number of rotatable bonds is 6. The molecule has 33 heavy (non-hydrogen) atoms. The largest absolute Gasteiger partial charge is 0.496 e. The van der Waals surface area contributed by atoms with Crippen molar-refractivity contribution in [2.45, 2.75) is 38.2 Å². The van der Waals surface area contributed by atoms with Crippen molar-refractivity contribution in [2.24, 2.45) is 11.1 Å². The number of nitrogens with zero attached hydrogens (tertiary/aromatic N) is 2. The lowest BCUT2D eigenvalue weighted by molar-refractivity contribution is -0.164. The van der Waals surface area contributed by atoms with Gasteiger partial charge in [0.25, 0.3) is 5.91 Å². The van der Waals surface area contributed by atoms with Crippen molar-refractivity contribution in [1.82, 2.24) is 4.90 Å². The van der Waals surface area contributed by atoms with Gasteiger partial charge in [-0.05, 0) is 55.9 Å². The Morgan fingerprint density at radius 1 is 1.12 bits per heavy atom. The second kappa shape index (κ2) is 9.65. The summed E-state index contributed by atoms with van der Waals surface area (Å²) in [5, 5.41) is 4.10. The van der Waals surface area contributed by atoms with Crippen molar-refractivity contribution < 1.29 is 23.9 Å². The number of benzene rings is 2. The van der Waals surface area contributed by atoms with Gasteiger partial charge in [0.1, 0.15) is 5.75 Å². The van der Waals surface area contributed by atoms with Crippen molar-refractivity contribution >= 4 is 17.6 Å². The summed E-state index contributed by atoms with van der Waals surface area (Å²) in [7, 11) is 2.88. The van der Waals surface area contributed by atoms with Crippen molar-refractivity contribution in [3.63, 3.8) is 0 Å². The van der Waals surface area contributed by atoms with Crippen LogP contribution in [0, 0.1) is 5.92 Å². The van der Waals surface area contributed by atoms with E-state index in [4.69, 9.17) is 14.3 Å². The SMILES string of the molecule is COC(=O)C1(C)CC(c2ccc(OC)c(C(=O)N3CCC(Cc4ccccc4)CC3)c2)=NO1. The van der Waals surface area contributed by atoms with E-state index in [2.05, 4.69) is 29.4 Å². The van der Waals surface area contributed by atoms with Gasteiger partial charge in [-0.1, -0.05) is 35.5 Å². The van der Waals surface area contributed by atoms with Gasteiger partial charge < -0.3 is 19.2 Å². The molecule has 174 valence electrons. The maximum atomic E-state index is 13.4. The lowest BCUT2D eigenvalue weighted by Crippen LogP contribution is -2.39. The minimum absolute atomic E-state index is 0.0536. The number of esters is 1. The molecular formula is C26H30N2O5. The number of carbonyl (C=O) groups excluding carboxylic acids is 2. The highest BCUT2D eigenvalue weighted by atomic mass is 16.7. The summed E-state index contributed by atoms with van der Waals surface area (Å²) in [6.45, 7) is 3.08. The third-order valence-corrected chi connectivity index (χ3v) is 6.51. The Labute approximate surface area is 194 Å². The normalized spacial score (nSPS) is 20.7. The van der Waals surface area contributed by atoms with Crippen molar-refractivity contribution in [1.29, 1.82) is 0 Å². The van der Waals surface area contributed by atoms with E-state index in [-0.39, 0.29) is 12.3 Å². The van der Waals surface area contributed by atoms with Crippen LogP contribution >= 0.6 is 0 Å². The zero-order valence-corrected chi connectivity index (χ0v) is 19.4. The number of hydrogen-bond acceptors (Lipinski definition) is 6. The van der Waals surface area contributed by atoms with Crippen LogP contribution in [0.4, 0.5) is 0 Å². The van der Waals surface area contributed by atoms with Crippen molar-refractivity contribution in [3.8, 4) is 5.75 Å². The molecule has 0 aromatic heterocycles. The lowest BCUT2D eigenvalue weighted by Gasteiger charge is -2.32. The molecule has 1 atom stereocenters. The van der Waals surface area contributed by atoms with E-state index in [1.807, 2.05) is 17.0 Å². The van der Waals surface area contributed by atoms with Crippen LogP contribution < -0.4 is 4.74 Å². The summed E-state index contributed by atoms with van der Waals surface area (Å²) in [5.74, 6) is 0.558. The van der Waals surface area contributed by atoms with Crippen LogP contribution in [0.25, 0.3) is 0 Å². The smallest absolute Gasteiger partial charge is 0.353 e. The predicted molar refractivity (Wildman–Crippen MR) is 124 cm³/mol. The van der Waals surface area contributed by atoms with Crippen LogP contribution in [-0.2, 0) is 20.8 Å². The minimum Gasteiger partial charge on any atom is -0.496 e. The fraction of sp³-hybridized carbons (Fsp3) is 0.423. The molecule has 2 aliphatic heterocycles. The van der Waals surface area contributed by atoms with Crippen LogP contribution in [0.1, 0.15) is 47.7 Å². The van der Waals surface area contributed by atoms with Gasteiger partial charge in [-0.25, -0.2) is 4.79 Å². The maximum Gasteiger partial charge on any atom is 0.353 e. The molecule has 0 spiro atoms. The molecular weight excluding hydrogens is 420 g/mol. The number of hydrogen-bond donors (Lipinski definition) is 0. The molecule has 0 saturated carbocycles. The third-order valence-electron chi connectivity index (χ3n) is 6.51. The van der Waals surface area contributed by atoms with E-state index < -0.39 is 11.6 Å². The molecule has 1 saturated heterocycles. The summed E-state index contributed by atoms with van der Waals surface area (Å²) in [6, 6.07) is 15.9. The van der Waals surface area contributed by atoms with E-state index in [9.17, 15) is 9.59 Å². The Bertz CT molecular complexity index is 1040. The molecule has 2 heterocycles. The molecule has 0 aliphatic carbocycles. The number of amides is 1. The van der Waals surface area contributed by atoms with E-state index in [0.29, 0.717) is 36.0 Å². The summed E-state index contributed by atoms with van der Waals surface area (Å²) in [4.78, 5) is 32.7. The summed E-state index contributed by atoms with van der Waals surface area (Å²) < 4.78 is 10.3. The summed E-state index contributed by atoms with van der Waals surface area (Å²) >= 11 is 0. The van der Waals surface area contributed by atoms with E-state index in [0.717, 1.165) is 24.8 Å². The molecule has 2 aromatic rings. The predicted octanol–water partition coefficient (Wildman–Crippen LogP) is 3.85. The van der Waals surface area contributed by atoms with Crippen LogP contribution in [0.2, 0.25) is 0 Å². The molecule has 1 unspecified atom stereocenters. The van der Waals surface area contributed by atoms with E-state index >= 15 is 0 Å². The number of carbonyl (C=O) groups is 2. The average Bonchev–Trinajstić information content (AvgIpc) is 3.27. The van der Waals surface area contributed by atoms with Gasteiger partial charge in [0.05, 0.1) is 25.5 Å². The molecule has 4 rings (SSSR count). The zero-order chi connectivity index (χ0) is 23.4. The number of ether oxygens (including phenoxy) is 2. The van der Waals surface area contributed by atoms with Gasteiger partial charge in [-0.2, -0.15) is 0 Å². The molecule has 2 aromatic carbocycles. The highest BCUT2D eigenvalue weighted by molar-refractivity contribution is 6.07. The molecule has 0 bridgehead atoms. The Kier molecular flexibility index (Phi) is 6.67. The van der Waals surface area contributed by atoms with Gasteiger partial charge in [-0.15, -0.1) is 0 Å². The minimum atomic E-state index is -1.16. The van der Waals surface area contributed by atoms with E-state index in [1.165, 1.54) is 12.7 Å². The third kappa shape index (κ3) is 4.87. The van der Waals surface area contributed by atoms with Gasteiger partial charge in [0.2, 0.25) is 5.60 Å². The standard InChI is InChI=1S/C26H30N2O5/c1-26(25(30)32-3)17-22(27-33-26)20-9-10-23(31-2)21(16-20)24(29)28-13-11-19(12-14-28)15-18-7-5-4-6-8-18/h4-10,16,19H,11-15,17H2,1-3H3. The van der Waals surface area contributed by atoms with Gasteiger partial charge >= 0.3 is 5.97 Å². The van der Waals surface area contributed by atoms with Crippen molar-refractivity contribution in [3.05, 3.63) is 65.2 Å². The Balaban J connectivity index is 1.45. The summed E-state index contributed by atoms with van der Waals surface area (Å²) in [5.41, 5.74) is 2.00. The molecule has 0 N–H and O–H groups in total. The number of methoxy groups -OCH3 is 2. The quantitative estimate of drug-likeness (QED) is 0.625. The van der Waals surface area contributed by atoms with Crippen LogP contribution in [0.5, 0.6) is 5.75 Å². The first kappa shape index (κ1) is 22.8. The number of likely N-dealkylation sites (tertiary alicyclic amines) is 1. The highest BCUT2D eigenvalue weighted by Gasteiger charge is 2.43. The lowest BCUT2D eigenvalue weighted by atomic mass is 9.90. The molecule has 1 amide bonds. The number of oxime groups is 1. The molecule has 7 heteroatoms. The van der Waals surface area contributed by atoms with Crippen LogP contribution in [0.3, 0.4) is 0 Å². The topological polar surface area (TPSA) is 77.4 Å². The summed E-state index contributed by atoms with van der Waals surface area (Å²) in [6.07, 6.45) is 3.26. The Morgan fingerprint density at radius 3 is 2.52 bits per heavy atom. The average molecular weight is 451 g/mol. The molecule has 2 aliphatic rings. The highest BCUT2D eigenvalue weighted by Crippen LogP contribution is 2.31. The van der Waals surface area contributed by atoms with Crippen LogP contribution in [-0.4, -0.2) is 55.4 Å².